The predicted molar refractivity (Wildman–Crippen MR) is 53.0 cm³/mol. The maximum Gasteiger partial charge on any atom is -0.0228 e. The van der Waals surface area contributed by atoms with E-state index in [0.29, 0.717) is 5.41 Å². The summed E-state index contributed by atoms with van der Waals surface area (Å²) < 4.78 is 0. The van der Waals surface area contributed by atoms with Gasteiger partial charge in [-0.3, -0.25) is 0 Å². The fourth-order valence-corrected chi connectivity index (χ4v) is 2.30. The Kier molecular flexibility index (Phi) is 1.86. The highest BCUT2D eigenvalue weighted by atomic mass is 14.3. The Morgan fingerprint density at radius 1 is 1.08 bits per heavy atom. The quantitative estimate of drug-likeness (QED) is 0.507. The second-order valence-electron chi connectivity index (χ2n) is 4.88. The van der Waals surface area contributed by atoms with Crippen LogP contribution in [0, 0.1) is 5.41 Å². The number of hydrogen-bond donors (Lipinski definition) is 0. The van der Waals surface area contributed by atoms with Crippen molar-refractivity contribution < 1.29 is 0 Å². The van der Waals surface area contributed by atoms with Crippen molar-refractivity contribution in [1.29, 1.82) is 0 Å². The van der Waals surface area contributed by atoms with E-state index in [4.69, 9.17) is 0 Å². The lowest BCUT2D eigenvalue weighted by Crippen LogP contribution is -2.19. The van der Waals surface area contributed by atoms with Crippen molar-refractivity contribution in [3.05, 3.63) is 23.3 Å². The van der Waals surface area contributed by atoms with Crippen molar-refractivity contribution in [2.45, 2.75) is 46.0 Å². The summed E-state index contributed by atoms with van der Waals surface area (Å²) in [5.41, 5.74) is 3.86. The first kappa shape index (κ1) is 8.10. The largest absolute Gasteiger partial charge is 0.0807 e. The summed E-state index contributed by atoms with van der Waals surface area (Å²) in [5.74, 6) is 0. The van der Waals surface area contributed by atoms with E-state index in [2.05, 4.69) is 26.0 Å². The van der Waals surface area contributed by atoms with Gasteiger partial charge in [0.1, 0.15) is 0 Å². The third-order valence-electron chi connectivity index (χ3n) is 3.10. The van der Waals surface area contributed by atoms with Crippen molar-refractivity contribution in [3.63, 3.8) is 0 Å². The standard InChI is InChI=1S/C12H18/c1-12(2)8-7-10-5-3-4-6-11(10)9-12/h5-6H,3-4,7-9H2,1-2H3. The lowest BCUT2D eigenvalue weighted by molar-refractivity contribution is 0.312. The molecular formula is C12H18. The smallest absolute Gasteiger partial charge is 0.0228 e. The maximum atomic E-state index is 2.45. The Bertz CT molecular complexity index is 241. The van der Waals surface area contributed by atoms with Crippen LogP contribution < -0.4 is 0 Å². The van der Waals surface area contributed by atoms with E-state index in [-0.39, 0.29) is 0 Å². The molecule has 0 aliphatic heterocycles. The molecule has 0 amide bonds. The number of fused-ring (bicyclic) bond motifs is 1. The second-order valence-corrected chi connectivity index (χ2v) is 4.88. The van der Waals surface area contributed by atoms with Gasteiger partial charge in [0.2, 0.25) is 0 Å². The number of hydrogen-bond acceptors (Lipinski definition) is 0. The molecule has 2 rings (SSSR count). The summed E-state index contributed by atoms with van der Waals surface area (Å²) in [5, 5.41) is 0. The van der Waals surface area contributed by atoms with Crippen LogP contribution in [0.2, 0.25) is 0 Å². The first-order chi connectivity index (χ1) is 5.67. The van der Waals surface area contributed by atoms with Gasteiger partial charge >= 0.3 is 0 Å². The summed E-state index contributed by atoms with van der Waals surface area (Å²) in [6, 6.07) is 0. The molecule has 0 N–H and O–H groups in total. The van der Waals surface area contributed by atoms with Crippen LogP contribution in [0.3, 0.4) is 0 Å². The Morgan fingerprint density at radius 2 is 1.75 bits per heavy atom. The van der Waals surface area contributed by atoms with Gasteiger partial charge in [-0.15, -0.1) is 0 Å². The molecule has 0 atom stereocenters. The van der Waals surface area contributed by atoms with Crippen molar-refractivity contribution >= 4 is 0 Å². The van der Waals surface area contributed by atoms with E-state index in [0.717, 1.165) is 0 Å². The fraction of sp³-hybridized carbons (Fsp3) is 0.667. The summed E-state index contributed by atoms with van der Waals surface area (Å²) >= 11 is 0. The molecule has 1 saturated carbocycles. The van der Waals surface area contributed by atoms with Gasteiger partial charge in [-0.25, -0.2) is 0 Å². The Hall–Kier alpha value is -0.520. The normalized spacial score (nSPS) is 27.2. The fourth-order valence-electron chi connectivity index (χ4n) is 2.30. The molecule has 0 aromatic carbocycles. The van der Waals surface area contributed by atoms with Crippen LogP contribution in [-0.4, -0.2) is 0 Å². The van der Waals surface area contributed by atoms with Gasteiger partial charge in [-0.1, -0.05) is 26.0 Å². The molecule has 0 radical (unpaired) electrons. The molecule has 0 saturated heterocycles. The molecule has 0 spiro atoms. The summed E-state index contributed by atoms with van der Waals surface area (Å²) in [4.78, 5) is 0. The molecule has 2 aliphatic carbocycles. The minimum Gasteiger partial charge on any atom is -0.0807 e. The monoisotopic (exact) mass is 162 g/mol. The van der Waals surface area contributed by atoms with Crippen molar-refractivity contribution in [3.8, 4) is 0 Å². The zero-order valence-electron chi connectivity index (χ0n) is 8.19. The summed E-state index contributed by atoms with van der Waals surface area (Å²) in [6.45, 7) is 4.78. The molecule has 0 aromatic rings. The minimum atomic E-state index is 0.556. The van der Waals surface area contributed by atoms with Crippen molar-refractivity contribution in [2.24, 2.45) is 5.41 Å². The zero-order valence-corrected chi connectivity index (χ0v) is 8.19. The van der Waals surface area contributed by atoms with Gasteiger partial charge < -0.3 is 0 Å². The van der Waals surface area contributed by atoms with Gasteiger partial charge in [0.15, 0.2) is 0 Å². The van der Waals surface area contributed by atoms with E-state index >= 15 is 0 Å². The second kappa shape index (κ2) is 2.76. The van der Waals surface area contributed by atoms with Crippen molar-refractivity contribution in [1.82, 2.24) is 0 Å². The summed E-state index contributed by atoms with van der Waals surface area (Å²) in [7, 11) is 0. The predicted octanol–water partition coefficient (Wildman–Crippen LogP) is 3.84. The Balaban J connectivity index is 2.19. The molecule has 0 nitrogen and oxygen atoms in total. The van der Waals surface area contributed by atoms with E-state index in [1.54, 1.807) is 11.1 Å². The molecule has 66 valence electrons. The highest BCUT2D eigenvalue weighted by Gasteiger charge is 2.27. The third-order valence-corrected chi connectivity index (χ3v) is 3.10. The van der Waals surface area contributed by atoms with Crippen LogP contribution in [0.25, 0.3) is 0 Å². The van der Waals surface area contributed by atoms with E-state index in [9.17, 15) is 0 Å². The third kappa shape index (κ3) is 1.48. The minimum absolute atomic E-state index is 0.556. The number of rotatable bonds is 0. The lowest BCUT2D eigenvalue weighted by atomic mass is 9.71. The van der Waals surface area contributed by atoms with E-state index in [1.165, 1.54) is 32.1 Å². The molecule has 12 heavy (non-hydrogen) atoms. The molecular weight excluding hydrogens is 144 g/mol. The van der Waals surface area contributed by atoms with Crippen LogP contribution in [0.4, 0.5) is 0 Å². The molecule has 0 bridgehead atoms. The van der Waals surface area contributed by atoms with Gasteiger partial charge in [0, 0.05) is 0 Å². The highest BCUT2D eigenvalue weighted by molar-refractivity contribution is 5.36. The topological polar surface area (TPSA) is 0 Å². The van der Waals surface area contributed by atoms with Crippen LogP contribution in [0.5, 0.6) is 0 Å². The van der Waals surface area contributed by atoms with Crippen LogP contribution >= 0.6 is 0 Å². The first-order valence-electron chi connectivity index (χ1n) is 5.06. The van der Waals surface area contributed by atoms with E-state index < -0.39 is 0 Å². The molecule has 0 heterocycles. The number of allylic oxidation sites excluding steroid dienone is 4. The lowest BCUT2D eigenvalue weighted by Gasteiger charge is -2.34. The van der Waals surface area contributed by atoms with Gasteiger partial charge in [-0.05, 0) is 48.7 Å². The Labute approximate surface area is 75.4 Å². The summed E-state index contributed by atoms with van der Waals surface area (Å²) in [6.07, 6.45) is 11.4. The SMILES string of the molecule is CC1(C)CCC2=CCCC=C2C1. The van der Waals surface area contributed by atoms with Crippen LogP contribution in [-0.2, 0) is 0 Å². The Morgan fingerprint density at radius 3 is 2.50 bits per heavy atom. The van der Waals surface area contributed by atoms with Gasteiger partial charge in [0.05, 0.1) is 0 Å². The van der Waals surface area contributed by atoms with Crippen molar-refractivity contribution in [2.75, 3.05) is 0 Å². The first-order valence-corrected chi connectivity index (χ1v) is 5.06. The average molecular weight is 162 g/mol. The van der Waals surface area contributed by atoms with Crippen LogP contribution in [0.1, 0.15) is 46.0 Å². The molecule has 0 aromatic heterocycles. The molecule has 0 unspecified atom stereocenters. The van der Waals surface area contributed by atoms with Gasteiger partial charge in [0.25, 0.3) is 0 Å². The average Bonchev–Trinajstić information content (AvgIpc) is 2.02. The highest BCUT2D eigenvalue weighted by Crippen LogP contribution is 2.42. The molecule has 2 aliphatic rings. The van der Waals surface area contributed by atoms with E-state index in [1.807, 2.05) is 0 Å². The molecule has 1 fully saturated rings. The van der Waals surface area contributed by atoms with Crippen LogP contribution in [0.15, 0.2) is 23.3 Å². The zero-order chi connectivity index (χ0) is 8.60. The molecule has 0 heteroatoms. The van der Waals surface area contributed by atoms with Gasteiger partial charge in [-0.2, -0.15) is 0 Å². The maximum absolute atomic E-state index is 2.45.